The van der Waals surface area contributed by atoms with Gasteiger partial charge in [0.2, 0.25) is 0 Å². The molecule has 0 unspecified atom stereocenters. The molecule has 0 aliphatic heterocycles. The standard InChI is InChI=1S/C17H22ClNO2/c1-2-16(21-14-5-3-4-13(18)10-14)17(20)19-15-9-11-6-7-12(15)8-11/h3-5,10-12,15-16H,2,6-9H2,1H3,(H,19,20)/t11-,12-,15-,16-/m1/s1. The van der Waals surface area contributed by atoms with Gasteiger partial charge in [0.25, 0.3) is 5.91 Å². The highest BCUT2D eigenvalue weighted by Gasteiger charge is 2.40. The summed E-state index contributed by atoms with van der Waals surface area (Å²) >= 11 is 5.95. The van der Waals surface area contributed by atoms with Gasteiger partial charge < -0.3 is 10.1 Å². The number of carbonyl (C=O) groups is 1. The van der Waals surface area contributed by atoms with Crippen molar-refractivity contribution in [3.63, 3.8) is 0 Å². The van der Waals surface area contributed by atoms with Crippen molar-refractivity contribution in [3.8, 4) is 5.75 Å². The van der Waals surface area contributed by atoms with Crippen molar-refractivity contribution in [1.29, 1.82) is 0 Å². The topological polar surface area (TPSA) is 38.3 Å². The molecule has 2 saturated carbocycles. The lowest BCUT2D eigenvalue weighted by Gasteiger charge is -2.25. The number of nitrogens with one attached hydrogen (secondary N) is 1. The molecule has 0 spiro atoms. The van der Waals surface area contributed by atoms with Gasteiger partial charge in [0.15, 0.2) is 6.10 Å². The molecule has 114 valence electrons. The summed E-state index contributed by atoms with van der Waals surface area (Å²) in [6.07, 6.45) is 5.25. The lowest BCUT2D eigenvalue weighted by molar-refractivity contribution is -0.129. The van der Waals surface area contributed by atoms with Crippen LogP contribution in [0.15, 0.2) is 24.3 Å². The fraction of sp³-hybridized carbons (Fsp3) is 0.588. The van der Waals surface area contributed by atoms with E-state index in [2.05, 4.69) is 5.32 Å². The molecule has 0 radical (unpaired) electrons. The van der Waals surface area contributed by atoms with E-state index in [1.54, 1.807) is 12.1 Å². The quantitative estimate of drug-likeness (QED) is 0.898. The SMILES string of the molecule is CC[C@@H](Oc1cccc(Cl)c1)C(=O)N[C@@H]1C[C@@H]2CC[C@@H]1C2. The van der Waals surface area contributed by atoms with Crippen molar-refractivity contribution >= 4 is 17.5 Å². The number of hydrogen-bond donors (Lipinski definition) is 1. The van der Waals surface area contributed by atoms with Crippen molar-refractivity contribution in [2.24, 2.45) is 11.8 Å². The molecule has 2 aliphatic rings. The fourth-order valence-corrected chi connectivity index (χ4v) is 3.90. The van der Waals surface area contributed by atoms with E-state index < -0.39 is 6.10 Å². The molecule has 21 heavy (non-hydrogen) atoms. The molecule has 0 saturated heterocycles. The number of halogens is 1. The second-order valence-electron chi connectivity index (χ2n) is 6.26. The van der Waals surface area contributed by atoms with Crippen LogP contribution in [-0.2, 0) is 4.79 Å². The Hall–Kier alpha value is -1.22. The van der Waals surface area contributed by atoms with Crippen molar-refractivity contribution in [1.82, 2.24) is 5.32 Å². The molecule has 2 aliphatic carbocycles. The Morgan fingerprint density at radius 3 is 2.90 bits per heavy atom. The van der Waals surface area contributed by atoms with Gasteiger partial charge in [-0.15, -0.1) is 0 Å². The number of carbonyl (C=O) groups excluding carboxylic acids is 1. The van der Waals surface area contributed by atoms with Crippen molar-refractivity contribution in [2.45, 2.75) is 51.2 Å². The monoisotopic (exact) mass is 307 g/mol. The van der Waals surface area contributed by atoms with Crippen LogP contribution in [0.5, 0.6) is 5.75 Å². The van der Waals surface area contributed by atoms with Crippen LogP contribution in [0.3, 0.4) is 0 Å². The van der Waals surface area contributed by atoms with Gasteiger partial charge in [-0.1, -0.05) is 31.0 Å². The van der Waals surface area contributed by atoms with E-state index in [1.807, 2.05) is 19.1 Å². The van der Waals surface area contributed by atoms with Crippen LogP contribution in [-0.4, -0.2) is 18.1 Å². The third-order valence-electron chi connectivity index (χ3n) is 4.80. The Kier molecular flexibility index (Phi) is 4.39. The predicted octanol–water partition coefficient (Wildman–Crippen LogP) is 3.80. The predicted molar refractivity (Wildman–Crippen MR) is 83.5 cm³/mol. The van der Waals surface area contributed by atoms with E-state index >= 15 is 0 Å². The first kappa shape index (κ1) is 14.7. The average molecular weight is 308 g/mol. The summed E-state index contributed by atoms with van der Waals surface area (Å²) in [5.74, 6) is 2.17. The number of rotatable bonds is 5. The second-order valence-corrected chi connectivity index (χ2v) is 6.70. The molecular formula is C17H22ClNO2. The van der Waals surface area contributed by atoms with Gasteiger partial charge in [-0.05, 0) is 55.7 Å². The zero-order valence-corrected chi connectivity index (χ0v) is 13.1. The minimum absolute atomic E-state index is 0.00928. The summed E-state index contributed by atoms with van der Waals surface area (Å²) in [5, 5.41) is 3.82. The van der Waals surface area contributed by atoms with Gasteiger partial charge in [0, 0.05) is 11.1 Å². The molecule has 1 N–H and O–H groups in total. The molecule has 1 amide bonds. The molecule has 2 bridgehead atoms. The van der Waals surface area contributed by atoms with E-state index in [1.165, 1.54) is 19.3 Å². The van der Waals surface area contributed by atoms with Crippen LogP contribution >= 0.6 is 11.6 Å². The van der Waals surface area contributed by atoms with Gasteiger partial charge in [-0.25, -0.2) is 0 Å². The zero-order chi connectivity index (χ0) is 14.8. The highest BCUT2D eigenvalue weighted by molar-refractivity contribution is 6.30. The number of benzene rings is 1. The fourth-order valence-electron chi connectivity index (χ4n) is 3.72. The van der Waals surface area contributed by atoms with Crippen LogP contribution in [0, 0.1) is 11.8 Å². The normalized spacial score (nSPS) is 28.4. The molecule has 4 heteroatoms. The summed E-state index contributed by atoms with van der Waals surface area (Å²) in [5.41, 5.74) is 0. The summed E-state index contributed by atoms with van der Waals surface area (Å²) < 4.78 is 5.80. The summed E-state index contributed by atoms with van der Waals surface area (Å²) in [7, 11) is 0. The first-order chi connectivity index (χ1) is 10.2. The molecule has 0 heterocycles. The Labute approximate surface area is 131 Å². The summed E-state index contributed by atoms with van der Waals surface area (Å²) in [6.45, 7) is 1.97. The Balaban J connectivity index is 1.59. The van der Waals surface area contributed by atoms with Crippen molar-refractivity contribution < 1.29 is 9.53 Å². The number of hydrogen-bond acceptors (Lipinski definition) is 2. The molecule has 3 rings (SSSR count). The molecule has 4 atom stereocenters. The number of ether oxygens (including phenoxy) is 1. The molecule has 0 aromatic heterocycles. The maximum absolute atomic E-state index is 12.4. The summed E-state index contributed by atoms with van der Waals surface area (Å²) in [6, 6.07) is 7.56. The molecule has 1 aromatic carbocycles. The van der Waals surface area contributed by atoms with Gasteiger partial charge >= 0.3 is 0 Å². The van der Waals surface area contributed by atoms with E-state index in [-0.39, 0.29) is 5.91 Å². The summed E-state index contributed by atoms with van der Waals surface area (Å²) in [4.78, 5) is 12.4. The number of fused-ring (bicyclic) bond motifs is 2. The largest absolute Gasteiger partial charge is 0.481 e. The van der Waals surface area contributed by atoms with Crippen LogP contribution in [0.2, 0.25) is 5.02 Å². The molecule has 1 aromatic rings. The zero-order valence-electron chi connectivity index (χ0n) is 12.3. The lowest BCUT2D eigenvalue weighted by Crippen LogP contribution is -2.45. The van der Waals surface area contributed by atoms with Gasteiger partial charge in [0.1, 0.15) is 5.75 Å². The first-order valence-corrected chi connectivity index (χ1v) is 8.26. The third kappa shape index (κ3) is 3.34. The number of amides is 1. The van der Waals surface area contributed by atoms with Gasteiger partial charge in [0.05, 0.1) is 0 Å². The molecule has 2 fully saturated rings. The Morgan fingerprint density at radius 2 is 2.29 bits per heavy atom. The maximum atomic E-state index is 12.4. The first-order valence-electron chi connectivity index (χ1n) is 7.88. The minimum Gasteiger partial charge on any atom is -0.481 e. The Bertz CT molecular complexity index is 519. The van der Waals surface area contributed by atoms with Crippen molar-refractivity contribution in [2.75, 3.05) is 0 Å². The van der Waals surface area contributed by atoms with Crippen LogP contribution < -0.4 is 10.1 Å². The minimum atomic E-state index is -0.442. The van der Waals surface area contributed by atoms with Gasteiger partial charge in [-0.2, -0.15) is 0 Å². The molecule has 3 nitrogen and oxygen atoms in total. The third-order valence-corrected chi connectivity index (χ3v) is 5.04. The van der Waals surface area contributed by atoms with E-state index in [0.29, 0.717) is 29.2 Å². The smallest absolute Gasteiger partial charge is 0.261 e. The van der Waals surface area contributed by atoms with Gasteiger partial charge in [-0.3, -0.25) is 4.79 Å². The Morgan fingerprint density at radius 1 is 1.43 bits per heavy atom. The van der Waals surface area contributed by atoms with Crippen LogP contribution in [0.1, 0.15) is 39.0 Å². The van der Waals surface area contributed by atoms with E-state index in [4.69, 9.17) is 16.3 Å². The van der Waals surface area contributed by atoms with Crippen LogP contribution in [0.4, 0.5) is 0 Å². The van der Waals surface area contributed by atoms with Crippen molar-refractivity contribution in [3.05, 3.63) is 29.3 Å². The lowest BCUT2D eigenvalue weighted by atomic mass is 9.95. The van der Waals surface area contributed by atoms with E-state index in [0.717, 1.165) is 12.3 Å². The molecular weight excluding hydrogens is 286 g/mol. The average Bonchev–Trinajstić information content (AvgIpc) is 3.07. The van der Waals surface area contributed by atoms with Crippen LogP contribution in [0.25, 0.3) is 0 Å². The maximum Gasteiger partial charge on any atom is 0.261 e. The second kappa shape index (κ2) is 6.27. The highest BCUT2D eigenvalue weighted by Crippen LogP contribution is 2.44. The van der Waals surface area contributed by atoms with E-state index in [9.17, 15) is 4.79 Å². The highest BCUT2D eigenvalue weighted by atomic mass is 35.5.